The van der Waals surface area contributed by atoms with Gasteiger partial charge in [-0.2, -0.15) is 4.98 Å². The van der Waals surface area contributed by atoms with Crippen LogP contribution in [0.5, 0.6) is 0 Å². The Balaban J connectivity index is 1.36. The van der Waals surface area contributed by atoms with Gasteiger partial charge < -0.3 is 15.3 Å². The number of aryl methyl sites for hydroxylation is 1. The SMILES string of the molecule is Cc1ccc([C@]2(O)CCN(C(=O)CNC(=O)c3nc4ncccn4n3)C2)cc1. The number of rotatable bonds is 4. The highest BCUT2D eigenvalue weighted by Gasteiger charge is 2.39. The van der Waals surface area contributed by atoms with Gasteiger partial charge in [0.1, 0.15) is 5.60 Å². The average Bonchev–Trinajstić information content (AvgIpc) is 3.31. The Kier molecular flexibility index (Phi) is 4.52. The minimum absolute atomic E-state index is 0.0518. The number of nitrogens with zero attached hydrogens (tertiary/aromatic N) is 5. The van der Waals surface area contributed by atoms with Crippen LogP contribution in [0.1, 0.15) is 28.2 Å². The number of amides is 2. The van der Waals surface area contributed by atoms with Crippen LogP contribution in [0, 0.1) is 6.92 Å². The molecular formula is C19H20N6O3. The molecule has 2 aromatic heterocycles. The smallest absolute Gasteiger partial charge is 0.291 e. The maximum absolute atomic E-state index is 12.5. The highest BCUT2D eigenvalue weighted by Crippen LogP contribution is 2.32. The molecule has 1 atom stereocenters. The Bertz CT molecular complexity index is 999. The molecule has 0 saturated carbocycles. The number of nitrogens with one attached hydrogen (secondary N) is 1. The number of carbonyl (C=O) groups is 2. The van der Waals surface area contributed by atoms with E-state index in [1.165, 1.54) is 4.52 Å². The molecule has 2 amide bonds. The van der Waals surface area contributed by atoms with Crippen LogP contribution >= 0.6 is 0 Å². The van der Waals surface area contributed by atoms with Gasteiger partial charge in [-0.3, -0.25) is 9.59 Å². The monoisotopic (exact) mass is 380 g/mol. The third kappa shape index (κ3) is 3.44. The summed E-state index contributed by atoms with van der Waals surface area (Å²) >= 11 is 0. The fraction of sp³-hybridized carbons (Fsp3) is 0.316. The zero-order valence-electron chi connectivity index (χ0n) is 15.4. The van der Waals surface area contributed by atoms with E-state index < -0.39 is 11.5 Å². The maximum Gasteiger partial charge on any atom is 0.291 e. The topological polar surface area (TPSA) is 113 Å². The van der Waals surface area contributed by atoms with E-state index in [-0.39, 0.29) is 24.8 Å². The van der Waals surface area contributed by atoms with Crippen molar-refractivity contribution < 1.29 is 14.7 Å². The predicted octanol–water partition coefficient (Wildman–Crippen LogP) is 0.283. The summed E-state index contributed by atoms with van der Waals surface area (Å²) in [5.41, 5.74) is 0.831. The van der Waals surface area contributed by atoms with Crippen LogP contribution in [0.2, 0.25) is 0 Å². The lowest BCUT2D eigenvalue weighted by Crippen LogP contribution is -2.41. The number of benzene rings is 1. The van der Waals surface area contributed by atoms with E-state index >= 15 is 0 Å². The summed E-state index contributed by atoms with van der Waals surface area (Å²) in [6, 6.07) is 9.32. The van der Waals surface area contributed by atoms with Gasteiger partial charge >= 0.3 is 0 Å². The number of aromatic nitrogens is 4. The van der Waals surface area contributed by atoms with Crippen molar-refractivity contribution in [3.63, 3.8) is 0 Å². The normalized spacial score (nSPS) is 19.1. The number of aliphatic hydroxyl groups is 1. The average molecular weight is 380 g/mol. The third-order valence-corrected chi connectivity index (χ3v) is 4.91. The van der Waals surface area contributed by atoms with Gasteiger partial charge in [0, 0.05) is 18.9 Å². The van der Waals surface area contributed by atoms with Crippen molar-refractivity contribution in [2.45, 2.75) is 18.9 Å². The second kappa shape index (κ2) is 7.01. The second-order valence-electron chi connectivity index (χ2n) is 6.95. The molecule has 9 heteroatoms. The van der Waals surface area contributed by atoms with Gasteiger partial charge in [0.05, 0.1) is 13.1 Å². The van der Waals surface area contributed by atoms with Crippen molar-refractivity contribution >= 4 is 17.6 Å². The summed E-state index contributed by atoms with van der Waals surface area (Å²) in [6.07, 6.45) is 3.64. The Labute approximate surface area is 161 Å². The molecule has 0 aliphatic carbocycles. The number of hydrogen-bond donors (Lipinski definition) is 2. The van der Waals surface area contributed by atoms with Crippen molar-refractivity contribution in [2.75, 3.05) is 19.6 Å². The first-order valence-corrected chi connectivity index (χ1v) is 8.97. The lowest BCUT2D eigenvalue weighted by molar-refractivity contribution is -0.130. The van der Waals surface area contributed by atoms with E-state index in [1.807, 2.05) is 31.2 Å². The molecule has 0 spiro atoms. The quantitative estimate of drug-likeness (QED) is 0.672. The fourth-order valence-electron chi connectivity index (χ4n) is 3.28. The van der Waals surface area contributed by atoms with Crippen molar-refractivity contribution in [1.82, 2.24) is 29.8 Å². The van der Waals surface area contributed by atoms with Crippen LogP contribution in [0.3, 0.4) is 0 Å². The van der Waals surface area contributed by atoms with Crippen molar-refractivity contribution in [3.8, 4) is 0 Å². The van der Waals surface area contributed by atoms with E-state index in [2.05, 4.69) is 20.4 Å². The zero-order chi connectivity index (χ0) is 19.7. The lowest BCUT2D eigenvalue weighted by atomic mass is 9.92. The first-order valence-electron chi connectivity index (χ1n) is 8.97. The van der Waals surface area contributed by atoms with E-state index in [0.29, 0.717) is 18.7 Å². The maximum atomic E-state index is 12.5. The number of hydrogen-bond acceptors (Lipinski definition) is 6. The molecule has 3 aromatic rings. The van der Waals surface area contributed by atoms with Crippen LogP contribution in [-0.2, 0) is 10.4 Å². The molecule has 1 saturated heterocycles. The van der Waals surface area contributed by atoms with Gasteiger partial charge in [0.25, 0.3) is 11.7 Å². The number of likely N-dealkylation sites (tertiary alicyclic amines) is 1. The van der Waals surface area contributed by atoms with Gasteiger partial charge in [-0.15, -0.1) is 5.10 Å². The molecule has 1 aromatic carbocycles. The molecule has 3 heterocycles. The molecule has 1 aliphatic heterocycles. The molecule has 2 N–H and O–H groups in total. The minimum atomic E-state index is -1.07. The predicted molar refractivity (Wildman–Crippen MR) is 99.4 cm³/mol. The highest BCUT2D eigenvalue weighted by atomic mass is 16.3. The molecule has 1 fully saturated rings. The van der Waals surface area contributed by atoms with Gasteiger partial charge in [-0.05, 0) is 25.0 Å². The summed E-state index contributed by atoms with van der Waals surface area (Å²) in [4.78, 5) is 34.3. The summed E-state index contributed by atoms with van der Waals surface area (Å²) in [6.45, 7) is 2.41. The molecule has 0 radical (unpaired) electrons. The summed E-state index contributed by atoms with van der Waals surface area (Å²) < 4.78 is 1.39. The Morgan fingerprint density at radius 1 is 1.29 bits per heavy atom. The molecule has 9 nitrogen and oxygen atoms in total. The summed E-state index contributed by atoms with van der Waals surface area (Å²) in [7, 11) is 0. The van der Waals surface area contributed by atoms with Crippen LogP contribution in [0.15, 0.2) is 42.7 Å². The molecular weight excluding hydrogens is 360 g/mol. The van der Waals surface area contributed by atoms with Gasteiger partial charge in [0.15, 0.2) is 0 Å². The summed E-state index contributed by atoms with van der Waals surface area (Å²) in [5, 5.41) is 17.5. The first-order chi connectivity index (χ1) is 13.4. The molecule has 0 bridgehead atoms. The van der Waals surface area contributed by atoms with Gasteiger partial charge in [-0.25, -0.2) is 9.50 Å². The van der Waals surface area contributed by atoms with Crippen molar-refractivity contribution in [3.05, 3.63) is 59.7 Å². The van der Waals surface area contributed by atoms with E-state index in [9.17, 15) is 14.7 Å². The third-order valence-electron chi connectivity index (χ3n) is 4.91. The van der Waals surface area contributed by atoms with Gasteiger partial charge in [0.2, 0.25) is 11.7 Å². The molecule has 4 rings (SSSR count). The molecule has 0 unspecified atom stereocenters. The zero-order valence-corrected chi connectivity index (χ0v) is 15.4. The standard InChI is InChI=1S/C19H20N6O3/c1-13-3-5-14(6-4-13)19(28)7-10-24(12-19)15(26)11-21-17(27)16-22-18-20-8-2-9-25(18)23-16/h2-6,8-9,28H,7,10-12H2,1H3,(H,21,27)/t19-/m0/s1. The summed E-state index contributed by atoms with van der Waals surface area (Å²) in [5.74, 6) is -0.559. The van der Waals surface area contributed by atoms with Crippen LogP contribution in [0.25, 0.3) is 5.78 Å². The number of β-amino-alcohol motifs (C(OH)–C–C–N with tert-alkyl or cyclic N) is 1. The largest absolute Gasteiger partial charge is 0.383 e. The second-order valence-corrected chi connectivity index (χ2v) is 6.95. The highest BCUT2D eigenvalue weighted by molar-refractivity contribution is 5.93. The van der Waals surface area contributed by atoms with E-state index in [1.54, 1.807) is 23.4 Å². The molecule has 28 heavy (non-hydrogen) atoms. The van der Waals surface area contributed by atoms with E-state index in [4.69, 9.17) is 0 Å². The minimum Gasteiger partial charge on any atom is -0.383 e. The van der Waals surface area contributed by atoms with E-state index in [0.717, 1.165) is 11.1 Å². The van der Waals surface area contributed by atoms with Gasteiger partial charge in [-0.1, -0.05) is 29.8 Å². The Morgan fingerprint density at radius 3 is 2.82 bits per heavy atom. The molecule has 144 valence electrons. The fourth-order valence-corrected chi connectivity index (χ4v) is 3.28. The molecule has 1 aliphatic rings. The first kappa shape index (κ1) is 18.1. The number of carbonyl (C=O) groups excluding carboxylic acids is 2. The Hall–Kier alpha value is -3.33. The lowest BCUT2D eigenvalue weighted by Gasteiger charge is -2.24. The Morgan fingerprint density at radius 2 is 2.07 bits per heavy atom. The van der Waals surface area contributed by atoms with Crippen LogP contribution < -0.4 is 5.32 Å². The van der Waals surface area contributed by atoms with Crippen LogP contribution in [0.4, 0.5) is 0 Å². The van der Waals surface area contributed by atoms with Crippen molar-refractivity contribution in [2.24, 2.45) is 0 Å². The van der Waals surface area contributed by atoms with Crippen molar-refractivity contribution in [1.29, 1.82) is 0 Å². The van der Waals surface area contributed by atoms with Crippen LogP contribution in [-0.4, -0.2) is 61.0 Å². The number of fused-ring (bicyclic) bond motifs is 1.